The quantitative estimate of drug-likeness (QED) is 0.188. The van der Waals surface area contributed by atoms with Gasteiger partial charge in [0.05, 0.1) is 26.4 Å². The van der Waals surface area contributed by atoms with Crippen molar-refractivity contribution in [3.63, 3.8) is 0 Å². The summed E-state index contributed by atoms with van der Waals surface area (Å²) in [5.74, 6) is 0.297. The molecule has 0 saturated carbocycles. The number of aliphatic hydroxyl groups excluding tert-OH is 1. The van der Waals surface area contributed by atoms with Gasteiger partial charge in [-0.3, -0.25) is 4.79 Å². The molecule has 3 N–H and O–H groups in total. The zero-order chi connectivity index (χ0) is 29.3. The number of nitrogens with zero attached hydrogens (tertiary/aromatic N) is 3. The fourth-order valence-electron chi connectivity index (χ4n) is 4.73. The van der Waals surface area contributed by atoms with Crippen LogP contribution in [0.3, 0.4) is 0 Å². The smallest absolute Gasteiger partial charge is 0.212 e. The van der Waals surface area contributed by atoms with Gasteiger partial charge in [-0.1, -0.05) is 91.0 Å². The number of ether oxygens (including phenoxy) is 3. The Morgan fingerprint density at radius 3 is 1.86 bits per heavy atom. The maximum atomic E-state index is 14.3. The van der Waals surface area contributed by atoms with E-state index in [-0.39, 0.29) is 37.1 Å². The van der Waals surface area contributed by atoms with Gasteiger partial charge in [-0.15, -0.1) is 0 Å². The number of aliphatic hydroxyl groups is 1. The molecular weight excluding hydrogens is 532 g/mol. The number of carbonyl (C=O) groups is 1. The number of hydrogen-bond donors (Lipinski definition) is 2. The molecule has 0 unspecified atom stereocenters. The van der Waals surface area contributed by atoms with Crippen molar-refractivity contribution < 1.29 is 24.1 Å². The molecule has 5 rings (SSSR count). The average molecular weight is 567 g/mol. The fourth-order valence-corrected chi connectivity index (χ4v) is 4.73. The van der Waals surface area contributed by atoms with Gasteiger partial charge in [0.15, 0.2) is 11.9 Å². The minimum Gasteiger partial charge on any atom is -0.394 e. The van der Waals surface area contributed by atoms with E-state index in [1.807, 2.05) is 91.0 Å². The molecule has 0 fully saturated rings. The number of Topliss-reactive ketones (excluding diaryl/α,β-unsaturated/α-hetero) is 1. The van der Waals surface area contributed by atoms with Crippen molar-refractivity contribution in [1.29, 1.82) is 0 Å². The minimum atomic E-state index is -1.16. The van der Waals surface area contributed by atoms with E-state index in [4.69, 9.17) is 19.9 Å². The number of anilines is 1. The van der Waals surface area contributed by atoms with Crippen molar-refractivity contribution in [1.82, 2.24) is 14.6 Å². The lowest BCUT2D eigenvalue weighted by atomic mass is 10.0. The Labute approximate surface area is 244 Å². The van der Waals surface area contributed by atoms with Crippen molar-refractivity contribution in [2.45, 2.75) is 45.1 Å². The normalized spacial score (nSPS) is 13.6. The lowest BCUT2D eigenvalue weighted by molar-refractivity contribution is -0.149. The molecule has 0 radical (unpaired) electrons. The largest absolute Gasteiger partial charge is 0.394 e. The molecule has 2 aromatic heterocycles. The summed E-state index contributed by atoms with van der Waals surface area (Å²) in [6.45, 7) is 1.84. The van der Waals surface area contributed by atoms with Gasteiger partial charge in [0.1, 0.15) is 29.2 Å². The van der Waals surface area contributed by atoms with Crippen molar-refractivity contribution >= 4 is 17.1 Å². The predicted molar refractivity (Wildman–Crippen MR) is 159 cm³/mol. The number of fused-ring (bicyclic) bond motifs is 1. The van der Waals surface area contributed by atoms with Crippen LogP contribution in [0.25, 0.3) is 5.52 Å². The average Bonchev–Trinajstić information content (AvgIpc) is 3.45. The monoisotopic (exact) mass is 566 g/mol. The third-order valence-corrected chi connectivity index (χ3v) is 6.87. The molecule has 3 aromatic carbocycles. The molecule has 5 aromatic rings. The highest BCUT2D eigenvalue weighted by atomic mass is 16.6. The van der Waals surface area contributed by atoms with Crippen molar-refractivity contribution in [2.75, 3.05) is 12.3 Å². The van der Waals surface area contributed by atoms with Crippen LogP contribution in [0.4, 0.5) is 5.82 Å². The third-order valence-electron chi connectivity index (χ3n) is 6.87. The first-order valence-corrected chi connectivity index (χ1v) is 13.8. The number of aromatic nitrogens is 3. The van der Waals surface area contributed by atoms with Crippen LogP contribution >= 0.6 is 0 Å². The Morgan fingerprint density at radius 2 is 1.31 bits per heavy atom. The van der Waals surface area contributed by atoms with E-state index in [1.54, 1.807) is 19.1 Å². The number of rotatable bonds is 14. The van der Waals surface area contributed by atoms with Crippen LogP contribution in [0.2, 0.25) is 0 Å². The van der Waals surface area contributed by atoms with Crippen molar-refractivity contribution in [3.8, 4) is 0 Å². The molecule has 0 bridgehead atoms. The predicted octanol–water partition coefficient (Wildman–Crippen LogP) is 4.55. The number of nitrogens with two attached hydrogens (primary N) is 1. The second kappa shape index (κ2) is 14.0. The standard InChI is InChI=1S/C33H34N4O5/c1-23-35-33(34)28-18-17-27(37(28)36-23)30(39)32(42-22-26-15-9-4-10-16-26)31(41-21-25-13-7-3-8-14-25)29(19-38)40-20-24-11-5-2-6-12-24/h2-18,29,31-32,38H,19-22H2,1H3,(H2,34,35,36)/t29-,31-,32+/m1/s1. The van der Waals surface area contributed by atoms with Crippen LogP contribution < -0.4 is 5.73 Å². The maximum absolute atomic E-state index is 14.3. The molecule has 42 heavy (non-hydrogen) atoms. The zero-order valence-electron chi connectivity index (χ0n) is 23.4. The first-order chi connectivity index (χ1) is 20.5. The van der Waals surface area contributed by atoms with Gasteiger partial charge in [-0.05, 0) is 35.7 Å². The summed E-state index contributed by atoms with van der Waals surface area (Å²) in [5.41, 5.74) is 9.60. The summed E-state index contributed by atoms with van der Waals surface area (Å²) >= 11 is 0. The molecule has 0 aliphatic carbocycles. The Morgan fingerprint density at radius 1 is 0.786 bits per heavy atom. The van der Waals surface area contributed by atoms with E-state index in [1.165, 1.54) is 4.52 Å². The Hall–Kier alpha value is -4.41. The van der Waals surface area contributed by atoms with Crippen LogP contribution in [-0.4, -0.2) is 50.4 Å². The van der Waals surface area contributed by atoms with Crippen LogP contribution in [0.5, 0.6) is 0 Å². The molecule has 9 heteroatoms. The molecule has 0 saturated heterocycles. The van der Waals surface area contributed by atoms with Gasteiger partial charge < -0.3 is 25.1 Å². The number of ketones is 1. The first kappa shape index (κ1) is 29.1. The summed E-state index contributed by atoms with van der Waals surface area (Å²) in [6, 6.07) is 32.1. The van der Waals surface area contributed by atoms with Gasteiger partial charge >= 0.3 is 0 Å². The van der Waals surface area contributed by atoms with Crippen molar-refractivity contribution in [3.05, 3.63) is 131 Å². The van der Waals surface area contributed by atoms with E-state index < -0.39 is 24.9 Å². The molecule has 0 aliphatic heterocycles. The molecule has 2 heterocycles. The van der Waals surface area contributed by atoms with Crippen LogP contribution in [0.15, 0.2) is 103 Å². The minimum absolute atomic E-state index is 0.138. The molecule has 3 atom stereocenters. The lowest BCUT2D eigenvalue weighted by Crippen LogP contribution is -2.48. The molecule has 0 aliphatic rings. The van der Waals surface area contributed by atoms with E-state index in [2.05, 4.69) is 10.1 Å². The summed E-state index contributed by atoms with van der Waals surface area (Å²) < 4.78 is 20.4. The van der Waals surface area contributed by atoms with E-state index >= 15 is 0 Å². The maximum Gasteiger partial charge on any atom is 0.212 e. The van der Waals surface area contributed by atoms with Crippen LogP contribution in [0.1, 0.15) is 33.0 Å². The lowest BCUT2D eigenvalue weighted by Gasteiger charge is -2.32. The Balaban J connectivity index is 1.51. The van der Waals surface area contributed by atoms with Gasteiger partial charge in [0.25, 0.3) is 0 Å². The zero-order valence-corrected chi connectivity index (χ0v) is 23.4. The Kier molecular flexibility index (Phi) is 9.68. The van der Waals surface area contributed by atoms with E-state index in [0.29, 0.717) is 11.3 Å². The highest BCUT2D eigenvalue weighted by molar-refractivity contribution is 6.00. The third kappa shape index (κ3) is 7.07. The van der Waals surface area contributed by atoms with Crippen LogP contribution in [-0.2, 0) is 34.0 Å². The highest BCUT2D eigenvalue weighted by Gasteiger charge is 2.39. The summed E-state index contributed by atoms with van der Waals surface area (Å²) in [4.78, 5) is 18.6. The topological polar surface area (TPSA) is 121 Å². The molecule has 216 valence electrons. The van der Waals surface area contributed by atoms with E-state index in [0.717, 1.165) is 16.7 Å². The van der Waals surface area contributed by atoms with Gasteiger partial charge in [0, 0.05) is 0 Å². The number of aryl methyl sites for hydroxylation is 1. The number of hydrogen-bond acceptors (Lipinski definition) is 8. The molecule has 9 nitrogen and oxygen atoms in total. The van der Waals surface area contributed by atoms with Crippen molar-refractivity contribution in [2.24, 2.45) is 0 Å². The number of benzene rings is 3. The first-order valence-electron chi connectivity index (χ1n) is 13.8. The second-order valence-electron chi connectivity index (χ2n) is 9.92. The van der Waals surface area contributed by atoms with Gasteiger partial charge in [-0.25, -0.2) is 9.50 Å². The number of carbonyl (C=O) groups excluding carboxylic acids is 1. The highest BCUT2D eigenvalue weighted by Crippen LogP contribution is 2.24. The number of nitrogen functional groups attached to an aromatic ring is 1. The van der Waals surface area contributed by atoms with Gasteiger partial charge in [-0.2, -0.15) is 5.10 Å². The summed E-state index contributed by atoms with van der Waals surface area (Å²) in [7, 11) is 0. The summed E-state index contributed by atoms with van der Waals surface area (Å²) in [6.07, 6.45) is -3.01. The molecule has 0 spiro atoms. The van der Waals surface area contributed by atoms with E-state index in [9.17, 15) is 9.90 Å². The Bertz CT molecular complexity index is 1580. The van der Waals surface area contributed by atoms with Gasteiger partial charge in [0.2, 0.25) is 5.78 Å². The molecular formula is C33H34N4O5. The molecule has 0 amide bonds. The van der Waals surface area contributed by atoms with Crippen LogP contribution in [0, 0.1) is 6.92 Å². The summed E-state index contributed by atoms with van der Waals surface area (Å²) in [5, 5.41) is 15.0. The SMILES string of the molecule is Cc1nc(N)c2ccc(C(=O)[C@H](OCc3ccccc3)[C@H](OCc3ccccc3)[C@@H](CO)OCc3ccccc3)n2n1. The second-order valence-corrected chi connectivity index (χ2v) is 9.92. The fraction of sp³-hybridized carbons (Fsp3) is 0.242.